The zero-order chi connectivity index (χ0) is 10.7. The zero-order valence-electron chi connectivity index (χ0n) is 8.41. The Kier molecular flexibility index (Phi) is 3.48. The minimum Gasteiger partial charge on any atom is -0.354 e. The van der Waals surface area contributed by atoms with Gasteiger partial charge in [0.1, 0.15) is 0 Å². The van der Waals surface area contributed by atoms with E-state index in [1.807, 2.05) is 0 Å². The summed E-state index contributed by atoms with van der Waals surface area (Å²) < 4.78 is 0. The maximum absolute atomic E-state index is 11.7. The molecule has 0 aliphatic carbocycles. The minimum absolute atomic E-state index is 0.0566. The Labute approximate surface area is 92.7 Å². The van der Waals surface area contributed by atoms with Gasteiger partial charge in [0.25, 0.3) is 0 Å². The molecule has 2 saturated heterocycles. The standard InChI is InChI=1S/C9H15N3O2S/c13-8-2-1-6(3-10-8)12-9(14)7-4-15-5-11-7/h6-7,11H,1-5H2,(H,10,13)(H,12,14). The Hall–Kier alpha value is -0.750. The van der Waals surface area contributed by atoms with Gasteiger partial charge in [-0.15, -0.1) is 11.8 Å². The van der Waals surface area contributed by atoms with Crippen molar-refractivity contribution in [1.29, 1.82) is 0 Å². The van der Waals surface area contributed by atoms with Gasteiger partial charge in [-0.3, -0.25) is 14.9 Å². The van der Waals surface area contributed by atoms with Gasteiger partial charge in [0, 0.05) is 30.6 Å². The van der Waals surface area contributed by atoms with Crippen molar-refractivity contribution in [2.75, 3.05) is 18.2 Å². The molecule has 0 radical (unpaired) electrons. The molecule has 2 heterocycles. The molecule has 0 bridgehead atoms. The Morgan fingerprint density at radius 3 is 3.00 bits per heavy atom. The molecule has 2 aliphatic rings. The van der Waals surface area contributed by atoms with E-state index in [-0.39, 0.29) is 23.9 Å². The van der Waals surface area contributed by atoms with Crippen molar-refractivity contribution in [3.8, 4) is 0 Å². The van der Waals surface area contributed by atoms with Crippen LogP contribution in [-0.4, -0.2) is 42.1 Å². The molecule has 3 N–H and O–H groups in total. The van der Waals surface area contributed by atoms with Gasteiger partial charge < -0.3 is 10.6 Å². The van der Waals surface area contributed by atoms with Gasteiger partial charge >= 0.3 is 0 Å². The van der Waals surface area contributed by atoms with E-state index in [0.717, 1.165) is 18.1 Å². The number of carbonyl (C=O) groups excluding carboxylic acids is 2. The van der Waals surface area contributed by atoms with Crippen LogP contribution < -0.4 is 16.0 Å². The van der Waals surface area contributed by atoms with E-state index < -0.39 is 0 Å². The van der Waals surface area contributed by atoms with E-state index in [2.05, 4.69) is 16.0 Å². The highest BCUT2D eigenvalue weighted by atomic mass is 32.2. The van der Waals surface area contributed by atoms with Crippen molar-refractivity contribution in [3.05, 3.63) is 0 Å². The smallest absolute Gasteiger partial charge is 0.238 e. The summed E-state index contributed by atoms with van der Waals surface area (Å²) in [5, 5.41) is 8.82. The molecule has 84 valence electrons. The highest BCUT2D eigenvalue weighted by Crippen LogP contribution is 2.10. The Morgan fingerprint density at radius 2 is 2.40 bits per heavy atom. The first kappa shape index (κ1) is 10.8. The third kappa shape index (κ3) is 2.85. The predicted octanol–water partition coefficient (Wildman–Crippen LogP) is -0.956. The van der Waals surface area contributed by atoms with Crippen LogP contribution in [0.1, 0.15) is 12.8 Å². The molecule has 2 rings (SSSR count). The molecule has 2 atom stereocenters. The molecule has 2 unspecified atom stereocenters. The van der Waals surface area contributed by atoms with Gasteiger partial charge in [-0.05, 0) is 6.42 Å². The molecule has 2 fully saturated rings. The number of rotatable bonds is 2. The predicted molar refractivity (Wildman–Crippen MR) is 58.4 cm³/mol. The lowest BCUT2D eigenvalue weighted by molar-refractivity contribution is -0.126. The molecule has 2 amide bonds. The van der Waals surface area contributed by atoms with Gasteiger partial charge in [0.2, 0.25) is 11.8 Å². The first-order valence-electron chi connectivity index (χ1n) is 5.14. The Balaban J connectivity index is 1.76. The number of nitrogens with one attached hydrogen (secondary N) is 3. The van der Waals surface area contributed by atoms with Crippen molar-refractivity contribution in [1.82, 2.24) is 16.0 Å². The first-order valence-corrected chi connectivity index (χ1v) is 6.29. The summed E-state index contributed by atoms with van der Waals surface area (Å²) in [6, 6.07) is 0.0372. The summed E-state index contributed by atoms with van der Waals surface area (Å²) in [4.78, 5) is 22.6. The number of amides is 2. The van der Waals surface area contributed by atoms with Crippen LogP contribution in [0.4, 0.5) is 0 Å². The number of hydrogen-bond acceptors (Lipinski definition) is 4. The molecular weight excluding hydrogens is 214 g/mol. The molecule has 0 spiro atoms. The summed E-state index contributed by atoms with van der Waals surface area (Å²) in [6.07, 6.45) is 1.26. The van der Waals surface area contributed by atoms with Crippen molar-refractivity contribution in [3.63, 3.8) is 0 Å². The highest BCUT2D eigenvalue weighted by Gasteiger charge is 2.26. The van der Waals surface area contributed by atoms with Gasteiger partial charge in [-0.25, -0.2) is 0 Å². The molecule has 2 aliphatic heterocycles. The average molecular weight is 229 g/mol. The average Bonchev–Trinajstić information content (AvgIpc) is 2.74. The topological polar surface area (TPSA) is 70.2 Å². The van der Waals surface area contributed by atoms with E-state index in [1.54, 1.807) is 11.8 Å². The van der Waals surface area contributed by atoms with Crippen LogP contribution in [0.2, 0.25) is 0 Å². The van der Waals surface area contributed by atoms with Gasteiger partial charge in [0.05, 0.1) is 6.04 Å². The van der Waals surface area contributed by atoms with Gasteiger partial charge in [-0.2, -0.15) is 0 Å². The van der Waals surface area contributed by atoms with Crippen LogP contribution in [0.3, 0.4) is 0 Å². The number of piperidine rings is 1. The Bertz CT molecular complexity index is 256. The first-order chi connectivity index (χ1) is 7.25. The molecule has 0 aromatic heterocycles. The van der Waals surface area contributed by atoms with Crippen LogP contribution in [0, 0.1) is 0 Å². The Morgan fingerprint density at radius 1 is 1.53 bits per heavy atom. The summed E-state index contributed by atoms with van der Waals surface area (Å²) in [7, 11) is 0. The van der Waals surface area contributed by atoms with Crippen LogP contribution in [-0.2, 0) is 9.59 Å². The van der Waals surface area contributed by atoms with Gasteiger partial charge in [-0.1, -0.05) is 0 Å². The maximum Gasteiger partial charge on any atom is 0.238 e. The fourth-order valence-electron chi connectivity index (χ4n) is 1.72. The van der Waals surface area contributed by atoms with Crippen molar-refractivity contribution >= 4 is 23.6 Å². The second kappa shape index (κ2) is 4.85. The largest absolute Gasteiger partial charge is 0.354 e. The second-order valence-corrected chi connectivity index (χ2v) is 4.85. The molecular formula is C9H15N3O2S. The molecule has 0 aromatic rings. The zero-order valence-corrected chi connectivity index (χ0v) is 9.23. The van der Waals surface area contributed by atoms with Crippen molar-refractivity contribution in [2.24, 2.45) is 0 Å². The second-order valence-electron chi connectivity index (χ2n) is 3.82. The number of hydrogen-bond donors (Lipinski definition) is 3. The molecule has 5 nitrogen and oxygen atoms in total. The summed E-state index contributed by atoms with van der Waals surface area (Å²) in [5.41, 5.74) is 0. The lowest BCUT2D eigenvalue weighted by Gasteiger charge is -2.24. The van der Waals surface area contributed by atoms with E-state index in [0.29, 0.717) is 13.0 Å². The minimum atomic E-state index is -0.0624. The summed E-state index contributed by atoms with van der Waals surface area (Å²) in [5.74, 6) is 1.82. The number of thioether (sulfide) groups is 1. The third-order valence-corrected chi connectivity index (χ3v) is 3.58. The lowest BCUT2D eigenvalue weighted by atomic mass is 10.1. The maximum atomic E-state index is 11.7. The highest BCUT2D eigenvalue weighted by molar-refractivity contribution is 7.99. The van der Waals surface area contributed by atoms with Crippen LogP contribution in [0.25, 0.3) is 0 Å². The van der Waals surface area contributed by atoms with E-state index in [9.17, 15) is 9.59 Å². The van der Waals surface area contributed by atoms with E-state index in [1.165, 1.54) is 0 Å². The quantitative estimate of drug-likeness (QED) is 0.570. The SMILES string of the molecule is O=C1CCC(NC(=O)C2CSCN2)CN1. The van der Waals surface area contributed by atoms with Crippen LogP contribution in [0.5, 0.6) is 0 Å². The van der Waals surface area contributed by atoms with Crippen LogP contribution in [0.15, 0.2) is 0 Å². The monoisotopic (exact) mass is 229 g/mol. The molecule has 6 heteroatoms. The van der Waals surface area contributed by atoms with Crippen molar-refractivity contribution < 1.29 is 9.59 Å². The summed E-state index contributed by atoms with van der Waals surface area (Å²) in [6.45, 7) is 0.560. The number of carbonyl (C=O) groups is 2. The molecule has 0 aromatic carbocycles. The molecule has 15 heavy (non-hydrogen) atoms. The lowest BCUT2D eigenvalue weighted by Crippen LogP contribution is -2.52. The van der Waals surface area contributed by atoms with E-state index >= 15 is 0 Å². The van der Waals surface area contributed by atoms with Gasteiger partial charge in [0.15, 0.2) is 0 Å². The van der Waals surface area contributed by atoms with E-state index in [4.69, 9.17) is 0 Å². The molecule has 0 saturated carbocycles. The van der Waals surface area contributed by atoms with Crippen molar-refractivity contribution in [2.45, 2.75) is 24.9 Å². The fourth-order valence-corrected chi connectivity index (χ4v) is 2.66. The van der Waals surface area contributed by atoms with Crippen LogP contribution >= 0.6 is 11.8 Å². The normalized spacial score (nSPS) is 31.1. The fraction of sp³-hybridized carbons (Fsp3) is 0.778. The summed E-state index contributed by atoms with van der Waals surface area (Å²) >= 11 is 1.73. The third-order valence-electron chi connectivity index (χ3n) is 2.64.